The Morgan fingerprint density at radius 2 is 2.15 bits per heavy atom. The molecule has 2 aromatic rings. The maximum atomic E-state index is 12.8. The molecule has 136 valence electrons. The number of carbonyl (C=O) groups excluding carboxylic acids is 1. The number of amides is 1. The molecule has 1 aliphatic heterocycles. The van der Waals surface area contributed by atoms with E-state index in [1.807, 2.05) is 22.9 Å². The molecule has 1 aromatic carbocycles. The van der Waals surface area contributed by atoms with Gasteiger partial charge in [-0.05, 0) is 72.9 Å². The van der Waals surface area contributed by atoms with E-state index in [-0.39, 0.29) is 17.9 Å². The van der Waals surface area contributed by atoms with Gasteiger partial charge in [0.15, 0.2) is 0 Å². The molecule has 0 radical (unpaired) electrons. The molecular weight excluding hydrogens is 344 g/mol. The molecule has 3 aliphatic rings. The van der Waals surface area contributed by atoms with Crippen molar-refractivity contribution in [3.05, 3.63) is 51.7 Å². The number of rotatable bonds is 4. The number of hydrogen-bond donors (Lipinski definition) is 2. The van der Waals surface area contributed by atoms with E-state index in [0.29, 0.717) is 11.8 Å². The fraction of sp³-hybridized carbons (Fsp3) is 0.476. The summed E-state index contributed by atoms with van der Waals surface area (Å²) in [6.07, 6.45) is 4.69. The lowest BCUT2D eigenvalue weighted by Gasteiger charge is -2.50. The molecule has 0 spiro atoms. The number of phenolic OH excluding ortho intramolecular Hbond substituents is 1. The molecule has 5 rings (SSSR count). The average Bonchev–Trinajstić information content (AvgIpc) is 3.27. The first-order chi connectivity index (χ1) is 12.7. The Bertz CT molecular complexity index is 815. The van der Waals surface area contributed by atoms with E-state index in [1.165, 1.54) is 24.0 Å². The van der Waals surface area contributed by atoms with Gasteiger partial charge >= 0.3 is 0 Å². The lowest BCUT2D eigenvalue weighted by atomic mass is 9.71. The van der Waals surface area contributed by atoms with Crippen LogP contribution in [-0.4, -0.2) is 41.1 Å². The first-order valence-electron chi connectivity index (χ1n) is 9.58. The molecule has 2 heterocycles. The fourth-order valence-electron chi connectivity index (χ4n) is 4.77. The third-order valence-electron chi connectivity index (χ3n) is 6.27. The summed E-state index contributed by atoms with van der Waals surface area (Å²) in [7, 11) is 0. The Hall–Kier alpha value is -1.85. The van der Waals surface area contributed by atoms with Crippen LogP contribution in [0, 0.1) is 5.92 Å². The van der Waals surface area contributed by atoms with E-state index in [2.05, 4.69) is 16.3 Å². The Morgan fingerprint density at radius 3 is 2.92 bits per heavy atom. The van der Waals surface area contributed by atoms with Gasteiger partial charge in [0.2, 0.25) is 0 Å². The zero-order valence-corrected chi connectivity index (χ0v) is 15.5. The van der Waals surface area contributed by atoms with E-state index in [0.717, 1.165) is 37.4 Å². The van der Waals surface area contributed by atoms with Gasteiger partial charge in [0.25, 0.3) is 5.91 Å². The van der Waals surface area contributed by atoms with Gasteiger partial charge in [-0.1, -0.05) is 6.07 Å². The number of nitrogens with one attached hydrogen (secondary N) is 1. The Kier molecular flexibility index (Phi) is 4.02. The molecule has 3 unspecified atom stereocenters. The Labute approximate surface area is 157 Å². The number of piperidine rings is 1. The van der Waals surface area contributed by atoms with Gasteiger partial charge in [-0.25, -0.2) is 0 Å². The normalized spacial score (nSPS) is 27.8. The summed E-state index contributed by atoms with van der Waals surface area (Å²) in [4.78, 5) is 15.4. The van der Waals surface area contributed by atoms with Crippen LogP contribution >= 0.6 is 11.3 Å². The maximum absolute atomic E-state index is 12.8. The number of aromatic hydroxyl groups is 1. The number of hydrogen-bond acceptors (Lipinski definition) is 4. The third kappa shape index (κ3) is 2.93. The first kappa shape index (κ1) is 16.3. The monoisotopic (exact) mass is 368 g/mol. The second-order valence-electron chi connectivity index (χ2n) is 8.00. The molecule has 2 aliphatic carbocycles. The fourth-order valence-corrected chi connectivity index (χ4v) is 5.41. The van der Waals surface area contributed by atoms with Crippen LogP contribution in [0.2, 0.25) is 0 Å². The van der Waals surface area contributed by atoms with Crippen molar-refractivity contribution in [2.24, 2.45) is 5.92 Å². The van der Waals surface area contributed by atoms with Crippen molar-refractivity contribution in [2.45, 2.75) is 43.7 Å². The Morgan fingerprint density at radius 1 is 1.27 bits per heavy atom. The number of thiophene rings is 1. The lowest BCUT2D eigenvalue weighted by molar-refractivity contribution is 0.0675. The van der Waals surface area contributed by atoms with Crippen LogP contribution in [0.15, 0.2) is 35.0 Å². The van der Waals surface area contributed by atoms with Crippen molar-refractivity contribution in [3.8, 4) is 5.75 Å². The molecule has 1 amide bonds. The Balaban J connectivity index is 1.47. The van der Waals surface area contributed by atoms with E-state index >= 15 is 0 Å². The second-order valence-corrected chi connectivity index (χ2v) is 8.78. The van der Waals surface area contributed by atoms with Crippen molar-refractivity contribution >= 4 is 17.2 Å². The SMILES string of the molecule is O=C(NC1C2CCN(CC3CC3)C1Cc1ccc(O)cc12)c1ccsc1. The highest BCUT2D eigenvalue weighted by Crippen LogP contribution is 2.43. The van der Waals surface area contributed by atoms with Crippen LogP contribution < -0.4 is 5.32 Å². The molecule has 3 atom stereocenters. The summed E-state index contributed by atoms with van der Waals surface area (Å²) in [5.41, 5.74) is 3.31. The van der Waals surface area contributed by atoms with Gasteiger partial charge in [-0.15, -0.1) is 0 Å². The molecule has 2 fully saturated rings. The van der Waals surface area contributed by atoms with Crippen molar-refractivity contribution in [1.29, 1.82) is 0 Å². The predicted molar refractivity (Wildman–Crippen MR) is 103 cm³/mol. The lowest BCUT2D eigenvalue weighted by Crippen LogP contribution is -2.61. The van der Waals surface area contributed by atoms with Crippen LogP contribution in [0.5, 0.6) is 5.75 Å². The molecule has 2 N–H and O–H groups in total. The number of fused-ring (bicyclic) bond motifs is 4. The maximum Gasteiger partial charge on any atom is 0.252 e. The van der Waals surface area contributed by atoms with Crippen LogP contribution in [-0.2, 0) is 6.42 Å². The van der Waals surface area contributed by atoms with Crippen LogP contribution in [0.3, 0.4) is 0 Å². The highest BCUT2D eigenvalue weighted by Gasteiger charge is 2.45. The number of likely N-dealkylation sites (tertiary alicyclic amines) is 1. The minimum Gasteiger partial charge on any atom is -0.508 e. The summed E-state index contributed by atoms with van der Waals surface area (Å²) in [5.74, 6) is 1.49. The summed E-state index contributed by atoms with van der Waals surface area (Å²) in [6, 6.07) is 8.14. The molecule has 2 bridgehead atoms. The zero-order valence-electron chi connectivity index (χ0n) is 14.7. The molecule has 5 heteroatoms. The smallest absolute Gasteiger partial charge is 0.252 e. The van der Waals surface area contributed by atoms with E-state index in [4.69, 9.17) is 0 Å². The van der Waals surface area contributed by atoms with Gasteiger partial charge in [0.05, 0.1) is 6.04 Å². The van der Waals surface area contributed by atoms with Crippen LogP contribution in [0.25, 0.3) is 0 Å². The molecule has 26 heavy (non-hydrogen) atoms. The van der Waals surface area contributed by atoms with Crippen molar-refractivity contribution < 1.29 is 9.90 Å². The summed E-state index contributed by atoms with van der Waals surface area (Å²) >= 11 is 1.55. The standard InChI is InChI=1S/C21H24N2O2S/c24-16-4-3-14-9-19-20(22-21(25)15-6-8-26-12-15)17(18(14)10-16)5-7-23(19)11-13-1-2-13/h3-4,6,8,10,12-13,17,19-20,24H,1-2,5,7,9,11H2,(H,22,25). The van der Waals surface area contributed by atoms with Gasteiger partial charge in [0.1, 0.15) is 5.75 Å². The quantitative estimate of drug-likeness (QED) is 0.870. The van der Waals surface area contributed by atoms with Gasteiger partial charge in [-0.3, -0.25) is 9.69 Å². The summed E-state index contributed by atoms with van der Waals surface area (Å²) in [6.45, 7) is 2.25. The number of benzene rings is 1. The van der Waals surface area contributed by atoms with Crippen LogP contribution in [0.4, 0.5) is 0 Å². The highest BCUT2D eigenvalue weighted by atomic mass is 32.1. The molecule has 1 saturated heterocycles. The van der Waals surface area contributed by atoms with Crippen molar-refractivity contribution in [1.82, 2.24) is 10.2 Å². The average molecular weight is 369 g/mol. The van der Waals surface area contributed by atoms with Crippen molar-refractivity contribution in [3.63, 3.8) is 0 Å². The first-order valence-corrected chi connectivity index (χ1v) is 10.5. The molecule has 1 aromatic heterocycles. The van der Waals surface area contributed by atoms with Crippen molar-refractivity contribution in [2.75, 3.05) is 13.1 Å². The van der Waals surface area contributed by atoms with E-state index in [9.17, 15) is 9.90 Å². The van der Waals surface area contributed by atoms with Gasteiger partial charge in [0, 0.05) is 29.4 Å². The molecular formula is C21H24N2O2S. The van der Waals surface area contributed by atoms with Gasteiger partial charge < -0.3 is 10.4 Å². The predicted octanol–water partition coefficient (Wildman–Crippen LogP) is 3.38. The summed E-state index contributed by atoms with van der Waals surface area (Å²) in [5, 5.41) is 17.2. The zero-order chi connectivity index (χ0) is 17.7. The topological polar surface area (TPSA) is 52.6 Å². The molecule has 4 nitrogen and oxygen atoms in total. The highest BCUT2D eigenvalue weighted by molar-refractivity contribution is 7.08. The number of carbonyl (C=O) groups is 1. The summed E-state index contributed by atoms with van der Waals surface area (Å²) < 4.78 is 0. The van der Waals surface area contributed by atoms with Crippen LogP contribution in [0.1, 0.15) is 46.7 Å². The number of phenols is 1. The largest absolute Gasteiger partial charge is 0.508 e. The van der Waals surface area contributed by atoms with E-state index in [1.54, 1.807) is 17.4 Å². The van der Waals surface area contributed by atoms with Gasteiger partial charge in [-0.2, -0.15) is 11.3 Å². The third-order valence-corrected chi connectivity index (χ3v) is 6.96. The van der Waals surface area contributed by atoms with E-state index < -0.39 is 0 Å². The minimum atomic E-state index is 0.0307. The number of nitrogens with zero attached hydrogens (tertiary/aromatic N) is 1. The second kappa shape index (κ2) is 6.39. The molecule has 1 saturated carbocycles. The minimum absolute atomic E-state index is 0.0307.